The van der Waals surface area contributed by atoms with E-state index in [1.54, 1.807) is 0 Å². The van der Waals surface area contributed by atoms with Gasteiger partial charge < -0.3 is 21.1 Å². The highest BCUT2D eigenvalue weighted by Gasteiger charge is 2.32. The molecule has 1 saturated heterocycles. The lowest BCUT2D eigenvalue weighted by Crippen LogP contribution is -2.54. The van der Waals surface area contributed by atoms with Crippen LogP contribution in [0.4, 0.5) is 4.79 Å². The Morgan fingerprint density at radius 2 is 2.18 bits per heavy atom. The average molecular weight is 261 g/mol. The standard InChI is InChI=1S/C9H15N3O4S/c10-7(13)1-2-11-9(16)12-3-4-17-5-6(12)8(14)15/h6H,1-5H2,(H2,10,13)(H,11,16)(H,14,15). The van der Waals surface area contributed by atoms with Gasteiger partial charge in [0.1, 0.15) is 6.04 Å². The Morgan fingerprint density at radius 3 is 2.76 bits per heavy atom. The molecule has 1 fully saturated rings. The van der Waals surface area contributed by atoms with Crippen molar-refractivity contribution in [3.63, 3.8) is 0 Å². The van der Waals surface area contributed by atoms with Crippen LogP contribution in [0.2, 0.25) is 0 Å². The number of amides is 3. The van der Waals surface area contributed by atoms with Crippen molar-refractivity contribution >= 4 is 29.7 Å². The molecule has 3 amide bonds. The monoisotopic (exact) mass is 261 g/mol. The van der Waals surface area contributed by atoms with Gasteiger partial charge in [-0.25, -0.2) is 9.59 Å². The Hall–Kier alpha value is -1.44. The van der Waals surface area contributed by atoms with E-state index in [9.17, 15) is 14.4 Å². The van der Waals surface area contributed by atoms with Gasteiger partial charge >= 0.3 is 12.0 Å². The van der Waals surface area contributed by atoms with Crippen molar-refractivity contribution in [1.82, 2.24) is 10.2 Å². The van der Waals surface area contributed by atoms with Crippen LogP contribution in [0, 0.1) is 0 Å². The summed E-state index contributed by atoms with van der Waals surface area (Å²) < 4.78 is 0. The van der Waals surface area contributed by atoms with E-state index in [1.165, 1.54) is 16.7 Å². The molecule has 17 heavy (non-hydrogen) atoms. The van der Waals surface area contributed by atoms with Gasteiger partial charge in [0.05, 0.1) is 0 Å². The Bertz CT molecular complexity index is 323. The molecule has 1 rings (SSSR count). The number of carbonyl (C=O) groups is 3. The fourth-order valence-electron chi connectivity index (χ4n) is 1.45. The highest BCUT2D eigenvalue weighted by Crippen LogP contribution is 2.16. The molecule has 0 aromatic rings. The number of hydrogen-bond acceptors (Lipinski definition) is 4. The van der Waals surface area contributed by atoms with Gasteiger partial charge in [0, 0.05) is 31.0 Å². The molecule has 8 heteroatoms. The van der Waals surface area contributed by atoms with E-state index >= 15 is 0 Å². The summed E-state index contributed by atoms with van der Waals surface area (Å²) in [6.45, 7) is 0.522. The predicted molar refractivity (Wildman–Crippen MR) is 62.7 cm³/mol. The molecule has 0 spiro atoms. The fourth-order valence-corrected chi connectivity index (χ4v) is 2.48. The molecular weight excluding hydrogens is 246 g/mol. The third-order valence-electron chi connectivity index (χ3n) is 2.32. The second-order valence-corrected chi connectivity index (χ2v) is 4.72. The third-order valence-corrected chi connectivity index (χ3v) is 3.34. The van der Waals surface area contributed by atoms with Gasteiger partial charge in [-0.05, 0) is 0 Å². The van der Waals surface area contributed by atoms with Crippen molar-refractivity contribution in [3.05, 3.63) is 0 Å². The summed E-state index contributed by atoms with van der Waals surface area (Å²) in [5.74, 6) is -0.414. The third kappa shape index (κ3) is 4.14. The topological polar surface area (TPSA) is 113 Å². The van der Waals surface area contributed by atoms with Crippen LogP contribution in [-0.2, 0) is 9.59 Å². The van der Waals surface area contributed by atoms with E-state index in [0.717, 1.165) is 0 Å². The maximum atomic E-state index is 11.7. The zero-order chi connectivity index (χ0) is 12.8. The van der Waals surface area contributed by atoms with Gasteiger partial charge in [-0.2, -0.15) is 11.8 Å². The first-order valence-corrected chi connectivity index (χ1v) is 6.31. The van der Waals surface area contributed by atoms with Crippen LogP contribution in [0.15, 0.2) is 0 Å². The predicted octanol–water partition coefficient (Wildman–Crippen LogP) is -0.927. The Morgan fingerprint density at radius 1 is 1.47 bits per heavy atom. The molecule has 1 heterocycles. The SMILES string of the molecule is NC(=O)CCNC(=O)N1CCSCC1C(=O)O. The lowest BCUT2D eigenvalue weighted by atomic mass is 10.3. The summed E-state index contributed by atoms with van der Waals surface area (Å²) in [6, 6.07) is -1.26. The molecule has 0 saturated carbocycles. The largest absolute Gasteiger partial charge is 0.480 e. The summed E-state index contributed by atoms with van der Waals surface area (Å²) in [5, 5.41) is 11.4. The quantitative estimate of drug-likeness (QED) is 0.605. The number of primary amides is 1. The molecule has 1 aliphatic heterocycles. The van der Waals surface area contributed by atoms with Crippen molar-refractivity contribution in [2.24, 2.45) is 5.73 Å². The molecule has 96 valence electrons. The number of nitrogens with zero attached hydrogens (tertiary/aromatic N) is 1. The van der Waals surface area contributed by atoms with Crippen molar-refractivity contribution < 1.29 is 19.5 Å². The normalized spacial score (nSPS) is 19.8. The number of nitrogens with two attached hydrogens (primary N) is 1. The zero-order valence-electron chi connectivity index (χ0n) is 9.22. The number of thioether (sulfide) groups is 1. The number of hydrogen-bond donors (Lipinski definition) is 3. The maximum Gasteiger partial charge on any atom is 0.327 e. The lowest BCUT2D eigenvalue weighted by Gasteiger charge is -2.32. The van der Waals surface area contributed by atoms with Crippen LogP contribution in [0.3, 0.4) is 0 Å². The minimum absolute atomic E-state index is 0.0477. The number of carboxylic acids is 1. The van der Waals surface area contributed by atoms with Crippen molar-refractivity contribution in [1.29, 1.82) is 0 Å². The van der Waals surface area contributed by atoms with Gasteiger partial charge in [-0.3, -0.25) is 4.79 Å². The molecule has 7 nitrogen and oxygen atoms in total. The first-order chi connectivity index (χ1) is 8.02. The molecule has 0 aromatic carbocycles. The number of rotatable bonds is 4. The molecule has 4 N–H and O–H groups in total. The Kier molecular flexibility index (Phi) is 5.08. The second-order valence-electron chi connectivity index (χ2n) is 3.57. The molecule has 1 atom stereocenters. The highest BCUT2D eigenvalue weighted by atomic mass is 32.2. The summed E-state index contributed by atoms with van der Waals surface area (Å²) in [5.41, 5.74) is 4.93. The van der Waals surface area contributed by atoms with Gasteiger partial charge in [-0.15, -0.1) is 0 Å². The van der Waals surface area contributed by atoms with E-state index in [4.69, 9.17) is 10.8 Å². The summed E-state index contributed by atoms with van der Waals surface area (Å²) >= 11 is 1.50. The maximum absolute atomic E-state index is 11.7. The van der Waals surface area contributed by atoms with Gasteiger partial charge in [0.2, 0.25) is 5.91 Å². The van der Waals surface area contributed by atoms with Crippen molar-refractivity contribution in [2.45, 2.75) is 12.5 Å². The molecule has 1 aliphatic rings. The molecular formula is C9H15N3O4S. The number of nitrogens with one attached hydrogen (secondary N) is 1. The van der Waals surface area contributed by atoms with E-state index in [-0.39, 0.29) is 13.0 Å². The molecule has 0 aromatic heterocycles. The fraction of sp³-hybridized carbons (Fsp3) is 0.667. The number of carboxylic acid groups (broad SMARTS) is 1. The van der Waals surface area contributed by atoms with Gasteiger partial charge in [0.15, 0.2) is 0 Å². The van der Waals surface area contributed by atoms with E-state index in [2.05, 4.69) is 5.32 Å². The highest BCUT2D eigenvalue weighted by molar-refractivity contribution is 7.99. The molecule has 1 unspecified atom stereocenters. The second kappa shape index (κ2) is 6.33. The smallest absolute Gasteiger partial charge is 0.327 e. The van der Waals surface area contributed by atoms with Crippen LogP contribution in [-0.4, -0.2) is 58.6 Å². The van der Waals surface area contributed by atoms with Crippen LogP contribution >= 0.6 is 11.8 Å². The van der Waals surface area contributed by atoms with Crippen LogP contribution < -0.4 is 11.1 Å². The Labute approximate surface area is 103 Å². The lowest BCUT2D eigenvalue weighted by molar-refractivity contribution is -0.141. The van der Waals surface area contributed by atoms with Crippen molar-refractivity contribution in [2.75, 3.05) is 24.6 Å². The first-order valence-electron chi connectivity index (χ1n) is 5.15. The van der Waals surface area contributed by atoms with E-state index in [1.807, 2.05) is 0 Å². The van der Waals surface area contributed by atoms with Crippen molar-refractivity contribution in [3.8, 4) is 0 Å². The van der Waals surface area contributed by atoms with E-state index in [0.29, 0.717) is 18.1 Å². The summed E-state index contributed by atoms with van der Waals surface area (Å²) in [7, 11) is 0. The molecule has 0 bridgehead atoms. The zero-order valence-corrected chi connectivity index (χ0v) is 10.0. The Balaban J connectivity index is 2.47. The average Bonchev–Trinajstić information content (AvgIpc) is 2.28. The van der Waals surface area contributed by atoms with Crippen LogP contribution in [0.25, 0.3) is 0 Å². The number of carbonyl (C=O) groups excluding carboxylic acids is 2. The van der Waals surface area contributed by atoms with Crippen LogP contribution in [0.1, 0.15) is 6.42 Å². The molecule has 0 aliphatic carbocycles. The van der Waals surface area contributed by atoms with Gasteiger partial charge in [0.25, 0.3) is 0 Å². The first kappa shape index (κ1) is 13.6. The number of urea groups is 1. The minimum atomic E-state index is -1.01. The molecule has 0 radical (unpaired) electrons. The van der Waals surface area contributed by atoms with Crippen LogP contribution in [0.5, 0.6) is 0 Å². The van der Waals surface area contributed by atoms with E-state index < -0.39 is 23.9 Å². The van der Waals surface area contributed by atoms with Gasteiger partial charge in [-0.1, -0.05) is 0 Å². The summed E-state index contributed by atoms with van der Waals surface area (Å²) in [4.78, 5) is 34.4. The number of aliphatic carboxylic acids is 1. The minimum Gasteiger partial charge on any atom is -0.480 e. The summed E-state index contributed by atoms with van der Waals surface area (Å²) in [6.07, 6.45) is 0.0477.